The zero-order valence-electron chi connectivity index (χ0n) is 9.22. The Morgan fingerprint density at radius 3 is 2.71 bits per heavy atom. The highest BCUT2D eigenvalue weighted by Gasteiger charge is 1.90. The Labute approximate surface area is 87.7 Å². The Morgan fingerprint density at radius 1 is 1.21 bits per heavy atom. The molecule has 0 aliphatic heterocycles. The van der Waals surface area contributed by atoms with Crippen molar-refractivity contribution in [2.75, 3.05) is 0 Å². The minimum atomic E-state index is 1.15. The van der Waals surface area contributed by atoms with E-state index in [1.165, 1.54) is 30.4 Å². The maximum atomic E-state index is 3.35. The monoisotopic (exact) mass is 187 g/mol. The molecule has 0 unspecified atom stereocenters. The molecular formula is C14H19. The van der Waals surface area contributed by atoms with Crippen LogP contribution in [0.3, 0.4) is 0 Å². The van der Waals surface area contributed by atoms with Gasteiger partial charge in [-0.1, -0.05) is 50.1 Å². The number of unbranched alkanes of at least 4 members (excludes halogenated alkanes) is 3. The standard InChI is InChI=1S/C14H19/c1-3-4-5-6-7-11-14-12-9-8-10-13(14)2/h7-10,12H,3-6H2,1-2H3. The molecule has 0 heterocycles. The van der Waals surface area contributed by atoms with Crippen LogP contribution in [0, 0.1) is 13.0 Å². The summed E-state index contributed by atoms with van der Waals surface area (Å²) in [7, 11) is 0. The number of rotatable bonds is 5. The lowest BCUT2D eigenvalue weighted by Gasteiger charge is -1.97. The van der Waals surface area contributed by atoms with Crippen molar-refractivity contribution in [3.8, 4) is 0 Å². The number of allylic oxidation sites excluding steroid dienone is 1. The minimum Gasteiger partial charge on any atom is -0.0760 e. The van der Waals surface area contributed by atoms with Crippen LogP contribution in [0.1, 0.15) is 43.7 Å². The summed E-state index contributed by atoms with van der Waals surface area (Å²) < 4.78 is 0. The van der Waals surface area contributed by atoms with Crippen molar-refractivity contribution in [3.63, 3.8) is 0 Å². The van der Waals surface area contributed by atoms with Gasteiger partial charge in [0, 0.05) is 0 Å². The molecule has 14 heavy (non-hydrogen) atoms. The average Bonchev–Trinajstić information content (AvgIpc) is 2.20. The fourth-order valence-corrected chi connectivity index (χ4v) is 1.41. The van der Waals surface area contributed by atoms with E-state index in [1.807, 2.05) is 0 Å². The van der Waals surface area contributed by atoms with Crippen LogP contribution in [0.2, 0.25) is 0 Å². The van der Waals surface area contributed by atoms with Crippen molar-refractivity contribution in [2.45, 2.75) is 39.5 Å². The Morgan fingerprint density at radius 2 is 2.00 bits per heavy atom. The van der Waals surface area contributed by atoms with E-state index in [2.05, 4.69) is 50.3 Å². The van der Waals surface area contributed by atoms with E-state index in [0.717, 1.165) is 6.42 Å². The second-order valence-corrected chi connectivity index (χ2v) is 3.66. The van der Waals surface area contributed by atoms with E-state index in [9.17, 15) is 0 Å². The topological polar surface area (TPSA) is 0 Å². The van der Waals surface area contributed by atoms with Gasteiger partial charge >= 0.3 is 0 Å². The lowest BCUT2D eigenvalue weighted by Crippen LogP contribution is -1.80. The fourth-order valence-electron chi connectivity index (χ4n) is 1.41. The Balaban J connectivity index is 2.40. The molecule has 1 aromatic carbocycles. The molecule has 1 rings (SSSR count). The molecule has 0 aromatic heterocycles. The van der Waals surface area contributed by atoms with E-state index >= 15 is 0 Å². The van der Waals surface area contributed by atoms with Crippen LogP contribution in [-0.2, 0) is 0 Å². The summed E-state index contributed by atoms with van der Waals surface area (Å²) in [5.41, 5.74) is 2.53. The van der Waals surface area contributed by atoms with Crippen LogP contribution in [0.15, 0.2) is 30.3 Å². The summed E-state index contributed by atoms with van der Waals surface area (Å²) in [5.74, 6) is 0. The van der Waals surface area contributed by atoms with Gasteiger partial charge in [-0.3, -0.25) is 0 Å². The molecule has 0 bridgehead atoms. The van der Waals surface area contributed by atoms with Crippen molar-refractivity contribution in [3.05, 3.63) is 47.5 Å². The fraction of sp³-hybridized carbons (Fsp3) is 0.429. The van der Waals surface area contributed by atoms with Crippen LogP contribution in [0.25, 0.3) is 0 Å². The summed E-state index contributed by atoms with van der Waals surface area (Å²) in [5, 5.41) is 0. The maximum absolute atomic E-state index is 3.35. The molecule has 0 atom stereocenters. The Hall–Kier alpha value is -1.04. The molecule has 0 saturated heterocycles. The van der Waals surface area contributed by atoms with E-state index in [-0.39, 0.29) is 0 Å². The third-order valence-corrected chi connectivity index (χ3v) is 2.35. The maximum Gasteiger partial charge on any atom is -0.0146 e. The lowest BCUT2D eigenvalue weighted by atomic mass is 10.1. The number of hydrogen-bond donors (Lipinski definition) is 0. The van der Waals surface area contributed by atoms with E-state index in [0.29, 0.717) is 0 Å². The van der Waals surface area contributed by atoms with Crippen molar-refractivity contribution in [2.24, 2.45) is 0 Å². The highest BCUT2D eigenvalue weighted by Crippen LogP contribution is 2.08. The highest BCUT2D eigenvalue weighted by atomic mass is 14.0. The smallest absolute Gasteiger partial charge is 0.0146 e. The van der Waals surface area contributed by atoms with Crippen LogP contribution in [-0.4, -0.2) is 0 Å². The van der Waals surface area contributed by atoms with E-state index in [4.69, 9.17) is 0 Å². The SMILES string of the molecule is CCCCC/C=[C]\c1ccccc1C. The quantitative estimate of drug-likeness (QED) is 0.603. The van der Waals surface area contributed by atoms with Gasteiger partial charge in [0.15, 0.2) is 0 Å². The van der Waals surface area contributed by atoms with Gasteiger partial charge in [-0.05, 0) is 37.0 Å². The first-order valence-electron chi connectivity index (χ1n) is 5.48. The zero-order valence-corrected chi connectivity index (χ0v) is 9.22. The normalized spacial score (nSPS) is 11.0. The van der Waals surface area contributed by atoms with Gasteiger partial charge in [-0.25, -0.2) is 0 Å². The molecule has 0 spiro atoms. The van der Waals surface area contributed by atoms with Gasteiger partial charge in [0.2, 0.25) is 0 Å². The first kappa shape index (κ1) is 11.0. The third kappa shape index (κ3) is 3.78. The van der Waals surface area contributed by atoms with Gasteiger partial charge in [0.05, 0.1) is 0 Å². The summed E-state index contributed by atoms with van der Waals surface area (Å²) in [6, 6.07) is 8.38. The molecule has 0 fully saturated rings. The lowest BCUT2D eigenvalue weighted by molar-refractivity contribution is 0.728. The number of hydrogen-bond acceptors (Lipinski definition) is 0. The Kier molecular flexibility index (Phi) is 5.06. The summed E-state index contributed by atoms with van der Waals surface area (Å²) in [4.78, 5) is 0. The molecular weight excluding hydrogens is 168 g/mol. The van der Waals surface area contributed by atoms with Crippen molar-refractivity contribution in [1.82, 2.24) is 0 Å². The summed E-state index contributed by atoms with van der Waals surface area (Å²) in [6.07, 6.45) is 10.6. The predicted octanol–water partition coefficient (Wildman–Crippen LogP) is 4.28. The number of aryl methyl sites for hydroxylation is 1. The van der Waals surface area contributed by atoms with Crippen LogP contribution >= 0.6 is 0 Å². The van der Waals surface area contributed by atoms with Gasteiger partial charge in [-0.2, -0.15) is 0 Å². The molecule has 1 aromatic rings. The van der Waals surface area contributed by atoms with Crippen LogP contribution in [0.5, 0.6) is 0 Å². The van der Waals surface area contributed by atoms with Crippen molar-refractivity contribution >= 4 is 0 Å². The van der Waals surface area contributed by atoms with Gasteiger partial charge in [-0.15, -0.1) is 0 Å². The highest BCUT2D eigenvalue weighted by molar-refractivity contribution is 5.30. The number of benzene rings is 1. The molecule has 0 aliphatic rings. The Bertz CT molecular complexity index is 284. The molecule has 0 N–H and O–H groups in total. The summed E-state index contributed by atoms with van der Waals surface area (Å²) >= 11 is 0. The summed E-state index contributed by atoms with van der Waals surface area (Å²) in [6.45, 7) is 4.36. The van der Waals surface area contributed by atoms with Gasteiger partial charge in [0.25, 0.3) is 0 Å². The molecule has 0 heteroatoms. The minimum absolute atomic E-state index is 1.15. The first-order valence-corrected chi connectivity index (χ1v) is 5.48. The predicted molar refractivity (Wildman–Crippen MR) is 62.2 cm³/mol. The molecule has 0 saturated carbocycles. The van der Waals surface area contributed by atoms with Gasteiger partial charge in [0.1, 0.15) is 0 Å². The molecule has 1 radical (unpaired) electrons. The molecule has 0 nitrogen and oxygen atoms in total. The van der Waals surface area contributed by atoms with E-state index in [1.54, 1.807) is 0 Å². The van der Waals surface area contributed by atoms with Crippen LogP contribution in [0.4, 0.5) is 0 Å². The second-order valence-electron chi connectivity index (χ2n) is 3.66. The second kappa shape index (κ2) is 6.42. The largest absolute Gasteiger partial charge is 0.0760 e. The van der Waals surface area contributed by atoms with Crippen LogP contribution < -0.4 is 0 Å². The molecule has 0 amide bonds. The molecule has 0 aliphatic carbocycles. The molecule has 75 valence electrons. The zero-order chi connectivity index (χ0) is 10.2. The average molecular weight is 187 g/mol. The van der Waals surface area contributed by atoms with Crippen molar-refractivity contribution in [1.29, 1.82) is 0 Å². The third-order valence-electron chi connectivity index (χ3n) is 2.35. The van der Waals surface area contributed by atoms with Gasteiger partial charge < -0.3 is 0 Å². The van der Waals surface area contributed by atoms with Crippen molar-refractivity contribution < 1.29 is 0 Å². The van der Waals surface area contributed by atoms with E-state index < -0.39 is 0 Å². The first-order chi connectivity index (χ1) is 6.84.